The number of likely N-dealkylation sites (tertiary alicyclic amines) is 1. The number of piperidine rings is 1. The predicted molar refractivity (Wildman–Crippen MR) is 184 cm³/mol. The molecule has 2 aromatic heterocycles. The number of fused-ring (bicyclic) bond motifs is 1. The number of hydrogen-bond donors (Lipinski definition) is 3. The summed E-state index contributed by atoms with van der Waals surface area (Å²) in [5.41, 5.74) is 5.01. The standard InChI is InChI=1S/C38H45N5O3/c1-6-26(2)42-20-10-12-28(24-42)37(46)43(32-17-15-30(16-18-32)38(3,4)5)35(27-11-9-19-39-22-27)36(45)41-31(25-44)21-29-23-40-34-14-8-7-13-33(29)34/h6-9,11,13-19,22-23,28,31,35,40,44H,1-2,10,12,20-21,24-25H2,3-5H3,(H,41,45). The van der Waals surface area contributed by atoms with Crippen LogP contribution in [-0.2, 0) is 21.4 Å². The molecule has 4 aromatic rings. The number of H-pyrrole nitrogens is 1. The molecule has 5 rings (SSSR count). The number of aromatic amines is 1. The van der Waals surface area contributed by atoms with Gasteiger partial charge in [0, 0.05) is 59.5 Å². The van der Waals surface area contributed by atoms with E-state index in [-0.39, 0.29) is 29.8 Å². The van der Waals surface area contributed by atoms with Gasteiger partial charge < -0.3 is 20.3 Å². The van der Waals surface area contributed by atoms with Gasteiger partial charge in [-0.05, 0) is 66.1 Å². The number of carbonyl (C=O) groups is 2. The second kappa shape index (κ2) is 14.2. The monoisotopic (exact) mass is 619 g/mol. The number of amides is 2. The number of aromatic nitrogens is 2. The van der Waals surface area contributed by atoms with E-state index in [9.17, 15) is 14.7 Å². The van der Waals surface area contributed by atoms with Crippen molar-refractivity contribution in [3.8, 4) is 0 Å². The molecule has 0 radical (unpaired) electrons. The normalized spacial score (nSPS) is 16.4. The van der Waals surface area contributed by atoms with Crippen molar-refractivity contribution in [1.29, 1.82) is 0 Å². The minimum absolute atomic E-state index is 0.0842. The van der Waals surface area contributed by atoms with E-state index in [4.69, 9.17) is 0 Å². The van der Waals surface area contributed by atoms with E-state index in [1.807, 2.05) is 60.8 Å². The maximum atomic E-state index is 14.7. The van der Waals surface area contributed by atoms with Crippen molar-refractivity contribution in [1.82, 2.24) is 20.2 Å². The van der Waals surface area contributed by atoms with E-state index in [2.05, 4.69) is 54.1 Å². The summed E-state index contributed by atoms with van der Waals surface area (Å²) >= 11 is 0. The van der Waals surface area contributed by atoms with Crippen molar-refractivity contribution in [2.75, 3.05) is 24.6 Å². The Morgan fingerprint density at radius 2 is 1.91 bits per heavy atom. The van der Waals surface area contributed by atoms with Gasteiger partial charge in [0.1, 0.15) is 6.04 Å². The highest BCUT2D eigenvalue weighted by Crippen LogP contribution is 2.34. The Labute approximate surface area is 271 Å². The first kappa shape index (κ1) is 32.7. The summed E-state index contributed by atoms with van der Waals surface area (Å²) in [5.74, 6) is -0.894. The molecule has 0 saturated carbocycles. The fraction of sp³-hybridized carbons (Fsp3) is 0.342. The molecule has 2 amide bonds. The molecule has 1 aliphatic rings. The van der Waals surface area contributed by atoms with Crippen LogP contribution in [0.2, 0.25) is 0 Å². The number of carbonyl (C=O) groups excluding carboxylic acids is 2. The van der Waals surface area contributed by atoms with Gasteiger partial charge in [-0.25, -0.2) is 0 Å². The number of rotatable bonds is 11. The summed E-state index contributed by atoms with van der Waals surface area (Å²) in [7, 11) is 0. The highest BCUT2D eigenvalue weighted by atomic mass is 16.3. The molecule has 3 atom stereocenters. The maximum absolute atomic E-state index is 14.7. The van der Waals surface area contributed by atoms with Gasteiger partial charge in [-0.3, -0.25) is 19.5 Å². The molecule has 0 aliphatic carbocycles. The molecule has 3 N–H and O–H groups in total. The summed E-state index contributed by atoms with van der Waals surface area (Å²) in [4.78, 5) is 40.5. The van der Waals surface area contributed by atoms with Gasteiger partial charge >= 0.3 is 0 Å². The SMILES string of the molecule is C=CC(=C)N1CCCC(C(=O)N(c2ccc(C(C)(C)C)cc2)C(C(=O)NC(CO)Cc2c[nH]c3ccccc23)c2cccnc2)C1. The van der Waals surface area contributed by atoms with Gasteiger partial charge in [-0.1, -0.05) is 70.3 Å². The lowest BCUT2D eigenvalue weighted by Crippen LogP contribution is -2.51. The lowest BCUT2D eigenvalue weighted by Gasteiger charge is -2.39. The van der Waals surface area contributed by atoms with Crippen molar-refractivity contribution in [3.05, 3.63) is 121 Å². The first-order valence-electron chi connectivity index (χ1n) is 16.0. The van der Waals surface area contributed by atoms with Gasteiger partial charge in [0.2, 0.25) is 11.8 Å². The number of para-hydroxylation sites is 1. The third-order valence-electron chi connectivity index (χ3n) is 8.88. The van der Waals surface area contributed by atoms with Crippen LogP contribution in [0.25, 0.3) is 10.9 Å². The van der Waals surface area contributed by atoms with Gasteiger partial charge in [-0.15, -0.1) is 0 Å². The predicted octanol–water partition coefficient (Wildman–Crippen LogP) is 6.07. The number of benzene rings is 2. The van der Waals surface area contributed by atoms with Crippen molar-refractivity contribution >= 4 is 28.4 Å². The fourth-order valence-corrected chi connectivity index (χ4v) is 6.25. The highest BCUT2D eigenvalue weighted by molar-refractivity contribution is 6.02. The minimum atomic E-state index is -1.02. The van der Waals surface area contributed by atoms with Crippen LogP contribution in [0.1, 0.15) is 56.3 Å². The van der Waals surface area contributed by atoms with Crippen LogP contribution in [-0.4, -0.2) is 57.5 Å². The van der Waals surface area contributed by atoms with Gasteiger partial charge in [0.25, 0.3) is 0 Å². The lowest BCUT2D eigenvalue weighted by atomic mass is 9.87. The van der Waals surface area contributed by atoms with E-state index >= 15 is 0 Å². The number of nitrogens with zero attached hydrogens (tertiary/aromatic N) is 3. The second-order valence-electron chi connectivity index (χ2n) is 13.1. The molecular weight excluding hydrogens is 574 g/mol. The molecule has 2 aromatic carbocycles. The lowest BCUT2D eigenvalue weighted by molar-refractivity contribution is -0.129. The second-order valence-corrected chi connectivity index (χ2v) is 13.1. The van der Waals surface area contributed by atoms with E-state index in [0.29, 0.717) is 30.6 Å². The molecule has 0 spiro atoms. The highest BCUT2D eigenvalue weighted by Gasteiger charge is 2.38. The maximum Gasteiger partial charge on any atom is 0.248 e. The van der Waals surface area contributed by atoms with Crippen LogP contribution in [0.3, 0.4) is 0 Å². The molecule has 3 unspecified atom stereocenters. The van der Waals surface area contributed by atoms with Crippen molar-refractivity contribution < 1.29 is 14.7 Å². The Bertz CT molecular complexity index is 1670. The Balaban J connectivity index is 1.53. The Hall–Kier alpha value is -4.69. The Kier molecular flexibility index (Phi) is 10.1. The molecule has 1 saturated heterocycles. The van der Waals surface area contributed by atoms with Crippen LogP contribution in [0.5, 0.6) is 0 Å². The molecule has 3 heterocycles. The van der Waals surface area contributed by atoms with E-state index in [1.165, 1.54) is 0 Å². The average Bonchev–Trinajstić information content (AvgIpc) is 3.48. The number of aliphatic hydroxyl groups excluding tert-OH is 1. The smallest absolute Gasteiger partial charge is 0.248 e. The van der Waals surface area contributed by atoms with Gasteiger partial charge in [0.05, 0.1) is 18.6 Å². The van der Waals surface area contributed by atoms with E-state index in [1.54, 1.807) is 29.4 Å². The zero-order chi connectivity index (χ0) is 32.8. The van der Waals surface area contributed by atoms with Crippen molar-refractivity contribution in [2.45, 2.75) is 57.5 Å². The number of pyridine rings is 1. The fourth-order valence-electron chi connectivity index (χ4n) is 6.25. The third-order valence-corrected chi connectivity index (χ3v) is 8.88. The first-order valence-corrected chi connectivity index (χ1v) is 16.0. The quantitative estimate of drug-likeness (QED) is 0.177. The van der Waals surface area contributed by atoms with Crippen molar-refractivity contribution in [3.63, 3.8) is 0 Å². The number of aliphatic hydroxyl groups is 1. The first-order chi connectivity index (χ1) is 22.1. The van der Waals surface area contributed by atoms with Gasteiger partial charge in [0.15, 0.2) is 0 Å². The summed E-state index contributed by atoms with van der Waals surface area (Å²) in [6, 6.07) is 17.8. The van der Waals surface area contributed by atoms with E-state index < -0.39 is 12.1 Å². The molecule has 8 heteroatoms. The molecule has 240 valence electrons. The Morgan fingerprint density at radius 1 is 1.15 bits per heavy atom. The zero-order valence-electron chi connectivity index (χ0n) is 27.1. The zero-order valence-corrected chi connectivity index (χ0v) is 27.1. The van der Waals surface area contributed by atoms with Crippen LogP contribution in [0, 0.1) is 5.92 Å². The summed E-state index contributed by atoms with van der Waals surface area (Å²) < 4.78 is 0. The topological polar surface area (TPSA) is 102 Å². The Morgan fingerprint density at radius 3 is 2.59 bits per heavy atom. The van der Waals surface area contributed by atoms with Crippen LogP contribution in [0.15, 0.2) is 104 Å². The summed E-state index contributed by atoms with van der Waals surface area (Å²) in [6.07, 6.45) is 8.84. The van der Waals surface area contributed by atoms with Crippen LogP contribution < -0.4 is 10.2 Å². The summed E-state index contributed by atoms with van der Waals surface area (Å²) in [6.45, 7) is 15.4. The molecular formula is C38H45N5O3. The molecule has 1 fully saturated rings. The number of anilines is 1. The largest absolute Gasteiger partial charge is 0.394 e. The number of allylic oxidation sites excluding steroid dienone is 1. The van der Waals surface area contributed by atoms with E-state index in [0.717, 1.165) is 40.7 Å². The van der Waals surface area contributed by atoms with Crippen LogP contribution in [0.4, 0.5) is 5.69 Å². The molecule has 46 heavy (non-hydrogen) atoms. The minimum Gasteiger partial charge on any atom is -0.394 e. The van der Waals surface area contributed by atoms with Crippen molar-refractivity contribution in [2.24, 2.45) is 5.92 Å². The van der Waals surface area contributed by atoms with Gasteiger partial charge in [-0.2, -0.15) is 0 Å². The molecule has 1 aliphatic heterocycles. The number of hydrogen-bond acceptors (Lipinski definition) is 5. The summed E-state index contributed by atoms with van der Waals surface area (Å²) in [5, 5.41) is 14.6. The third kappa shape index (κ3) is 7.23. The average molecular weight is 620 g/mol. The molecule has 8 nitrogen and oxygen atoms in total. The number of nitrogens with one attached hydrogen (secondary N) is 2. The van der Waals surface area contributed by atoms with Crippen LogP contribution >= 0.6 is 0 Å². The molecule has 0 bridgehead atoms.